The Morgan fingerprint density at radius 3 is 2.21 bits per heavy atom. The Balaban J connectivity index is 2.22. The quantitative estimate of drug-likeness (QED) is 0.839. The van der Waals surface area contributed by atoms with Crippen molar-refractivity contribution in [2.45, 2.75) is 13.8 Å². The van der Waals surface area contributed by atoms with E-state index < -0.39 is 0 Å². The van der Waals surface area contributed by atoms with E-state index in [2.05, 4.69) is 4.98 Å². The fourth-order valence-electron chi connectivity index (χ4n) is 1.99. The fourth-order valence-corrected chi connectivity index (χ4v) is 1.99. The number of rotatable bonds is 4. The third-order valence-electron chi connectivity index (χ3n) is 3.14. The molecule has 1 aromatic heterocycles. The predicted molar refractivity (Wildman–Crippen MR) is 76.9 cm³/mol. The molecule has 0 aliphatic carbocycles. The molecule has 98 valence electrons. The first-order chi connectivity index (χ1) is 9.26. The zero-order chi connectivity index (χ0) is 13.7. The van der Waals surface area contributed by atoms with Gasteiger partial charge in [0.25, 0.3) is 5.91 Å². The average Bonchev–Trinajstić information content (AvgIpc) is 2.49. The molecule has 0 saturated carbocycles. The fraction of sp³-hybridized carbons (Fsp3) is 0.250. The van der Waals surface area contributed by atoms with E-state index in [1.807, 2.05) is 50.2 Å². The summed E-state index contributed by atoms with van der Waals surface area (Å²) >= 11 is 0. The van der Waals surface area contributed by atoms with Gasteiger partial charge in [-0.2, -0.15) is 0 Å². The number of pyridine rings is 1. The van der Waals surface area contributed by atoms with Crippen LogP contribution in [0.1, 0.15) is 24.3 Å². The first-order valence-corrected chi connectivity index (χ1v) is 6.57. The van der Waals surface area contributed by atoms with Crippen LogP contribution in [0.3, 0.4) is 0 Å². The molecule has 0 bridgehead atoms. The van der Waals surface area contributed by atoms with Gasteiger partial charge in [0.15, 0.2) is 0 Å². The van der Waals surface area contributed by atoms with Crippen molar-refractivity contribution in [2.24, 2.45) is 0 Å². The largest absolute Gasteiger partial charge is 0.338 e. The second kappa shape index (κ2) is 6.14. The molecule has 1 amide bonds. The number of amides is 1. The van der Waals surface area contributed by atoms with Crippen LogP contribution >= 0.6 is 0 Å². The molecule has 1 heterocycles. The van der Waals surface area contributed by atoms with Gasteiger partial charge in [-0.1, -0.05) is 36.4 Å². The number of aromatic nitrogens is 1. The molecule has 3 nitrogen and oxygen atoms in total. The van der Waals surface area contributed by atoms with Gasteiger partial charge in [0.2, 0.25) is 0 Å². The molecular formula is C16H18N2O. The normalized spacial score (nSPS) is 10.2. The summed E-state index contributed by atoms with van der Waals surface area (Å²) < 4.78 is 0. The minimum absolute atomic E-state index is 0.00962. The van der Waals surface area contributed by atoms with Gasteiger partial charge < -0.3 is 4.90 Å². The van der Waals surface area contributed by atoms with Crippen molar-refractivity contribution < 1.29 is 4.79 Å². The minimum Gasteiger partial charge on any atom is -0.338 e. The molecule has 0 aliphatic rings. The van der Waals surface area contributed by atoms with E-state index in [0.29, 0.717) is 18.8 Å². The van der Waals surface area contributed by atoms with Crippen LogP contribution in [0.5, 0.6) is 0 Å². The van der Waals surface area contributed by atoms with Gasteiger partial charge in [0.1, 0.15) is 5.69 Å². The van der Waals surface area contributed by atoms with Crippen molar-refractivity contribution in [2.75, 3.05) is 13.1 Å². The van der Waals surface area contributed by atoms with Crippen LogP contribution in [-0.4, -0.2) is 28.9 Å². The van der Waals surface area contributed by atoms with Crippen LogP contribution in [0, 0.1) is 0 Å². The summed E-state index contributed by atoms with van der Waals surface area (Å²) in [5.41, 5.74) is 2.64. The second-order valence-corrected chi connectivity index (χ2v) is 4.28. The second-order valence-electron chi connectivity index (χ2n) is 4.28. The van der Waals surface area contributed by atoms with Crippen LogP contribution in [0.15, 0.2) is 48.7 Å². The molecule has 0 fully saturated rings. The summed E-state index contributed by atoms with van der Waals surface area (Å²) in [5, 5.41) is 0. The molecule has 0 atom stereocenters. The van der Waals surface area contributed by atoms with Gasteiger partial charge in [0.05, 0.1) is 0 Å². The molecule has 0 spiro atoms. The zero-order valence-corrected chi connectivity index (χ0v) is 11.3. The Bertz CT molecular complexity index is 530. The molecule has 3 heteroatoms. The molecule has 2 aromatic rings. The number of benzene rings is 1. The Morgan fingerprint density at radius 2 is 1.68 bits per heavy atom. The first-order valence-electron chi connectivity index (χ1n) is 6.57. The van der Waals surface area contributed by atoms with E-state index in [-0.39, 0.29) is 5.91 Å². The summed E-state index contributed by atoms with van der Waals surface area (Å²) in [5.74, 6) is -0.00962. The summed E-state index contributed by atoms with van der Waals surface area (Å²) in [6, 6.07) is 13.8. The van der Waals surface area contributed by atoms with E-state index in [1.54, 1.807) is 17.2 Å². The van der Waals surface area contributed by atoms with Crippen LogP contribution in [-0.2, 0) is 0 Å². The number of hydrogen-bond acceptors (Lipinski definition) is 2. The van der Waals surface area contributed by atoms with Crippen molar-refractivity contribution in [3.8, 4) is 11.1 Å². The SMILES string of the molecule is CCN(CC)C(=O)c1ccc(-c2ccccc2)cn1. The predicted octanol–water partition coefficient (Wildman–Crippen LogP) is 3.23. The maximum Gasteiger partial charge on any atom is 0.272 e. The molecule has 0 aliphatic heterocycles. The van der Waals surface area contributed by atoms with Gasteiger partial charge in [-0.05, 0) is 25.5 Å². The number of nitrogens with zero attached hydrogens (tertiary/aromatic N) is 2. The molecule has 0 saturated heterocycles. The van der Waals surface area contributed by atoms with E-state index >= 15 is 0 Å². The maximum atomic E-state index is 12.1. The average molecular weight is 254 g/mol. The third-order valence-corrected chi connectivity index (χ3v) is 3.14. The molecular weight excluding hydrogens is 236 g/mol. The molecule has 2 rings (SSSR count). The van der Waals surface area contributed by atoms with Gasteiger partial charge in [-0.25, -0.2) is 0 Å². The zero-order valence-electron chi connectivity index (χ0n) is 11.3. The summed E-state index contributed by atoms with van der Waals surface area (Å²) in [7, 11) is 0. The van der Waals surface area contributed by atoms with Crippen molar-refractivity contribution in [3.63, 3.8) is 0 Å². The number of hydrogen-bond donors (Lipinski definition) is 0. The van der Waals surface area contributed by atoms with Crippen molar-refractivity contribution in [1.82, 2.24) is 9.88 Å². The van der Waals surface area contributed by atoms with Crippen LogP contribution in [0.4, 0.5) is 0 Å². The lowest BCUT2D eigenvalue weighted by Gasteiger charge is -2.17. The lowest BCUT2D eigenvalue weighted by Crippen LogP contribution is -2.31. The van der Waals surface area contributed by atoms with Crippen molar-refractivity contribution in [1.29, 1.82) is 0 Å². The summed E-state index contributed by atoms with van der Waals surface area (Å²) in [6.45, 7) is 5.36. The summed E-state index contributed by atoms with van der Waals surface area (Å²) in [4.78, 5) is 18.2. The molecule has 1 aromatic carbocycles. The lowest BCUT2D eigenvalue weighted by molar-refractivity contribution is 0.0767. The smallest absolute Gasteiger partial charge is 0.272 e. The maximum absolute atomic E-state index is 12.1. The lowest BCUT2D eigenvalue weighted by atomic mass is 10.1. The molecule has 0 radical (unpaired) electrons. The summed E-state index contributed by atoms with van der Waals surface area (Å²) in [6.07, 6.45) is 1.76. The van der Waals surface area contributed by atoms with E-state index in [9.17, 15) is 4.79 Å². The Kier molecular flexibility index (Phi) is 4.29. The highest BCUT2D eigenvalue weighted by molar-refractivity contribution is 5.92. The van der Waals surface area contributed by atoms with E-state index in [4.69, 9.17) is 0 Å². The van der Waals surface area contributed by atoms with Gasteiger partial charge in [0, 0.05) is 24.8 Å². The standard InChI is InChI=1S/C16H18N2O/c1-3-18(4-2)16(19)15-11-10-14(12-17-15)13-8-6-5-7-9-13/h5-12H,3-4H2,1-2H3. The van der Waals surface area contributed by atoms with Crippen molar-refractivity contribution >= 4 is 5.91 Å². The van der Waals surface area contributed by atoms with Gasteiger partial charge >= 0.3 is 0 Å². The Hall–Kier alpha value is -2.16. The van der Waals surface area contributed by atoms with Crippen LogP contribution in [0.2, 0.25) is 0 Å². The van der Waals surface area contributed by atoms with Crippen LogP contribution < -0.4 is 0 Å². The molecule has 0 unspecified atom stereocenters. The highest BCUT2D eigenvalue weighted by Crippen LogP contribution is 2.18. The topological polar surface area (TPSA) is 33.2 Å². The molecule has 19 heavy (non-hydrogen) atoms. The first kappa shape index (κ1) is 13.3. The monoisotopic (exact) mass is 254 g/mol. The van der Waals surface area contributed by atoms with E-state index in [1.165, 1.54) is 0 Å². The van der Waals surface area contributed by atoms with Gasteiger partial charge in [-0.3, -0.25) is 9.78 Å². The third kappa shape index (κ3) is 2.99. The Labute approximate surface area is 113 Å². The molecule has 0 N–H and O–H groups in total. The van der Waals surface area contributed by atoms with Crippen molar-refractivity contribution in [3.05, 3.63) is 54.4 Å². The Morgan fingerprint density at radius 1 is 1.00 bits per heavy atom. The number of carbonyl (C=O) groups excluding carboxylic acids is 1. The van der Waals surface area contributed by atoms with Gasteiger partial charge in [-0.15, -0.1) is 0 Å². The van der Waals surface area contributed by atoms with Crippen LogP contribution in [0.25, 0.3) is 11.1 Å². The minimum atomic E-state index is -0.00962. The highest BCUT2D eigenvalue weighted by Gasteiger charge is 2.13. The van der Waals surface area contributed by atoms with E-state index in [0.717, 1.165) is 11.1 Å². The number of carbonyl (C=O) groups is 1. The highest BCUT2D eigenvalue weighted by atomic mass is 16.2.